The number of halogens is 12. The van der Waals surface area contributed by atoms with Crippen molar-refractivity contribution >= 4 is 19.8 Å². The molecule has 0 aromatic heterocycles. The maximum atomic E-state index is 13.0. The molecule has 0 N–H and O–H groups in total. The van der Waals surface area contributed by atoms with Crippen molar-refractivity contribution in [1.82, 2.24) is 0 Å². The van der Waals surface area contributed by atoms with E-state index in [9.17, 15) is 57.5 Å². The van der Waals surface area contributed by atoms with E-state index in [0.717, 1.165) is 6.08 Å². The Bertz CT molecular complexity index is 1430. The number of rotatable bonds is 9. The van der Waals surface area contributed by atoms with Crippen molar-refractivity contribution in [3.8, 4) is 17.2 Å². The van der Waals surface area contributed by atoms with Gasteiger partial charge in [0, 0.05) is 31.4 Å². The number of alkyl halides is 12. The van der Waals surface area contributed by atoms with Crippen LogP contribution in [0.4, 0.5) is 52.7 Å². The minimum Gasteiger partial charge on any atom is -0.497 e. The van der Waals surface area contributed by atoms with Crippen LogP contribution in [0.15, 0.2) is 71.5 Å². The fourth-order valence-corrected chi connectivity index (χ4v) is 3.53. The molecule has 50 heavy (non-hydrogen) atoms. The number of ether oxygens (including phenoxy) is 5. The number of hydrogen-bond donors (Lipinski definition) is 0. The smallest absolute Gasteiger partial charge is 0.416 e. The first-order valence-electron chi connectivity index (χ1n) is 13.6. The standard InChI is InChI=1S/C19H16F6O4.C10H8F6O.C2H6O.H2S/c1-27-16-6-12(11-26)7-17(10-16)29-5-4-28-15-3-2-13(18(20,21)22)8-14(9-15)19(23,24)25;1-2-17-8-4-6(9(11,12)13)3-7(5-8)10(14,15)16;1-3-2;/h3,6-11H,2,4-5H2,1H3;3-5H,2H2,1H3;1-2H3;1H2. The van der Waals surface area contributed by atoms with E-state index in [4.69, 9.17) is 14.2 Å². The summed E-state index contributed by atoms with van der Waals surface area (Å²) in [6.07, 6.45) is -18.2. The molecule has 0 saturated carbocycles. The normalized spacial score (nSPS) is 13.3. The molecular formula is C31H32F12O6S. The molecule has 2 aromatic carbocycles. The Hall–Kier alpha value is -4.00. The van der Waals surface area contributed by atoms with E-state index in [2.05, 4.69) is 9.47 Å². The molecule has 0 amide bonds. The van der Waals surface area contributed by atoms with Crippen molar-refractivity contribution in [3.63, 3.8) is 0 Å². The predicted molar refractivity (Wildman–Crippen MR) is 162 cm³/mol. The minimum absolute atomic E-state index is 0. The summed E-state index contributed by atoms with van der Waals surface area (Å²) >= 11 is 0. The Balaban J connectivity index is 0.000000973. The number of aldehydes is 1. The zero-order valence-electron chi connectivity index (χ0n) is 26.6. The molecule has 0 saturated heterocycles. The molecule has 0 unspecified atom stereocenters. The minimum atomic E-state index is -4.97. The van der Waals surface area contributed by atoms with Crippen molar-refractivity contribution < 1.29 is 81.2 Å². The molecule has 0 fully saturated rings. The van der Waals surface area contributed by atoms with Crippen molar-refractivity contribution in [2.24, 2.45) is 0 Å². The lowest BCUT2D eigenvalue weighted by Crippen LogP contribution is -2.15. The fourth-order valence-electron chi connectivity index (χ4n) is 3.53. The van der Waals surface area contributed by atoms with E-state index >= 15 is 0 Å². The first-order chi connectivity index (χ1) is 22.6. The topological polar surface area (TPSA) is 63.2 Å². The second kappa shape index (κ2) is 20.0. The van der Waals surface area contributed by atoms with E-state index < -0.39 is 59.1 Å². The highest BCUT2D eigenvalue weighted by molar-refractivity contribution is 7.59. The highest BCUT2D eigenvalue weighted by atomic mass is 32.1. The maximum Gasteiger partial charge on any atom is 0.416 e. The average molecular weight is 761 g/mol. The van der Waals surface area contributed by atoms with Crippen LogP contribution in [0.3, 0.4) is 0 Å². The largest absolute Gasteiger partial charge is 0.497 e. The second-order valence-corrected chi connectivity index (χ2v) is 9.41. The van der Waals surface area contributed by atoms with Crippen LogP contribution in [-0.4, -0.2) is 59.8 Å². The predicted octanol–water partition coefficient (Wildman–Crippen LogP) is 9.67. The molecule has 0 atom stereocenters. The zero-order chi connectivity index (χ0) is 37.6. The average Bonchev–Trinajstić information content (AvgIpc) is 3.23. The van der Waals surface area contributed by atoms with E-state index in [-0.39, 0.29) is 62.5 Å². The van der Waals surface area contributed by atoms with Crippen LogP contribution in [0.5, 0.6) is 17.2 Å². The van der Waals surface area contributed by atoms with Gasteiger partial charge < -0.3 is 23.7 Å². The Morgan fingerprint density at radius 1 is 0.640 bits per heavy atom. The first-order valence-corrected chi connectivity index (χ1v) is 13.6. The van der Waals surface area contributed by atoms with Crippen molar-refractivity contribution in [2.75, 3.05) is 41.2 Å². The quantitative estimate of drug-likeness (QED) is 0.144. The molecule has 0 spiro atoms. The fraction of sp³-hybridized carbons (Fsp3) is 0.387. The van der Waals surface area contributed by atoms with Crippen LogP contribution in [0.25, 0.3) is 0 Å². The van der Waals surface area contributed by atoms with Gasteiger partial charge in [-0.05, 0) is 61.9 Å². The van der Waals surface area contributed by atoms with Crippen LogP contribution in [-0.2, 0) is 21.8 Å². The van der Waals surface area contributed by atoms with Gasteiger partial charge in [0.15, 0.2) is 0 Å². The number of allylic oxidation sites excluding steroid dienone is 5. The van der Waals surface area contributed by atoms with Gasteiger partial charge in [0.1, 0.15) is 42.5 Å². The van der Waals surface area contributed by atoms with Crippen molar-refractivity contribution in [2.45, 2.75) is 38.0 Å². The Morgan fingerprint density at radius 2 is 1.14 bits per heavy atom. The summed E-state index contributed by atoms with van der Waals surface area (Å²) in [6, 6.07) is 5.52. The number of hydrogen-bond acceptors (Lipinski definition) is 6. The summed E-state index contributed by atoms with van der Waals surface area (Å²) in [7, 11) is 4.64. The Labute approximate surface area is 285 Å². The summed E-state index contributed by atoms with van der Waals surface area (Å²) in [5.41, 5.74) is -5.26. The highest BCUT2D eigenvalue weighted by Crippen LogP contribution is 2.39. The maximum absolute atomic E-state index is 13.0. The SMILES string of the molecule is CCOc1cc(C(F)(F)F)cc(C(F)(F)F)c1.COC.COc1cc(C=O)cc(OCCOC2=CCC(C(F)(F)F)=CC(C(F)(F)F)=C2)c1.S. The lowest BCUT2D eigenvalue weighted by molar-refractivity contribution is -0.143. The molecule has 19 heteroatoms. The van der Waals surface area contributed by atoms with Gasteiger partial charge in [0.25, 0.3) is 0 Å². The molecule has 0 radical (unpaired) electrons. The van der Waals surface area contributed by atoms with Crippen LogP contribution in [0.2, 0.25) is 0 Å². The van der Waals surface area contributed by atoms with Gasteiger partial charge in [-0.15, -0.1) is 0 Å². The van der Waals surface area contributed by atoms with E-state index in [1.807, 2.05) is 0 Å². The van der Waals surface area contributed by atoms with Crippen molar-refractivity contribution in [1.29, 1.82) is 0 Å². The Morgan fingerprint density at radius 3 is 1.58 bits per heavy atom. The molecule has 0 bridgehead atoms. The van der Waals surface area contributed by atoms with E-state index in [1.165, 1.54) is 32.2 Å². The van der Waals surface area contributed by atoms with Gasteiger partial charge >= 0.3 is 24.7 Å². The van der Waals surface area contributed by atoms with Crippen LogP contribution < -0.4 is 14.2 Å². The zero-order valence-corrected chi connectivity index (χ0v) is 27.6. The third-order valence-electron chi connectivity index (χ3n) is 5.61. The van der Waals surface area contributed by atoms with Gasteiger partial charge in [-0.3, -0.25) is 4.79 Å². The molecule has 1 aliphatic carbocycles. The van der Waals surface area contributed by atoms with E-state index in [0.29, 0.717) is 30.2 Å². The van der Waals surface area contributed by atoms with Gasteiger partial charge in [-0.1, -0.05) is 0 Å². The summed E-state index contributed by atoms with van der Waals surface area (Å²) in [5.74, 6) is -0.178. The number of carbonyl (C=O) groups is 1. The second-order valence-electron chi connectivity index (χ2n) is 9.41. The molecule has 3 rings (SSSR count). The molecular weight excluding hydrogens is 728 g/mol. The van der Waals surface area contributed by atoms with Gasteiger partial charge in [-0.25, -0.2) is 0 Å². The van der Waals surface area contributed by atoms with Crippen LogP contribution in [0.1, 0.15) is 34.8 Å². The molecule has 282 valence electrons. The summed E-state index contributed by atoms with van der Waals surface area (Å²) in [5, 5.41) is 0. The van der Waals surface area contributed by atoms with Crippen LogP contribution in [0, 0.1) is 0 Å². The first kappa shape index (κ1) is 46.0. The van der Waals surface area contributed by atoms with Crippen molar-refractivity contribution in [3.05, 3.63) is 88.2 Å². The number of benzene rings is 2. The molecule has 0 aliphatic heterocycles. The summed E-state index contributed by atoms with van der Waals surface area (Å²) in [6.45, 7) is 1.09. The van der Waals surface area contributed by atoms with Gasteiger partial charge in [0.05, 0.1) is 30.4 Å². The third kappa shape index (κ3) is 16.1. The third-order valence-corrected chi connectivity index (χ3v) is 5.61. The van der Waals surface area contributed by atoms with Crippen LogP contribution >= 0.6 is 13.5 Å². The molecule has 6 nitrogen and oxygen atoms in total. The lowest BCUT2D eigenvalue weighted by atomic mass is 10.1. The lowest BCUT2D eigenvalue weighted by Gasteiger charge is -2.14. The molecule has 2 aromatic rings. The van der Waals surface area contributed by atoms with Gasteiger partial charge in [-0.2, -0.15) is 66.2 Å². The monoisotopic (exact) mass is 760 g/mol. The Kier molecular flexibility index (Phi) is 18.4. The number of methoxy groups -OCH3 is 2. The van der Waals surface area contributed by atoms with Gasteiger partial charge in [0.2, 0.25) is 0 Å². The molecule has 0 heterocycles. The van der Waals surface area contributed by atoms with E-state index in [1.54, 1.807) is 14.2 Å². The highest BCUT2D eigenvalue weighted by Gasteiger charge is 2.39. The number of carbonyl (C=O) groups excluding carboxylic acids is 1. The summed E-state index contributed by atoms with van der Waals surface area (Å²) < 4.78 is 176. The molecule has 1 aliphatic rings. The summed E-state index contributed by atoms with van der Waals surface area (Å²) in [4.78, 5) is 10.9.